The summed E-state index contributed by atoms with van der Waals surface area (Å²) in [6.45, 7) is 0. The summed E-state index contributed by atoms with van der Waals surface area (Å²) in [4.78, 5) is 15.4. The third-order valence-electron chi connectivity index (χ3n) is 11.0. The van der Waals surface area contributed by atoms with Crippen LogP contribution in [0.15, 0.2) is 152 Å². The van der Waals surface area contributed by atoms with Gasteiger partial charge in [-0.25, -0.2) is 15.0 Å². The summed E-state index contributed by atoms with van der Waals surface area (Å²) in [5, 5.41) is 3.67. The number of hydrogen-bond donors (Lipinski definition) is 0. The predicted octanol–water partition coefficient (Wildman–Crippen LogP) is 6.16. The minimum Gasteiger partial charge on any atom is -0.208 e. The van der Waals surface area contributed by atoms with E-state index < -0.39 is 0 Å². The SMILES string of the molecule is [B]c1c([B])c([B])c2c(sc3c([B])c(-c4ccccc4)c([B])c(-c4nc(-c5ccccc5)nc(-c5cccc(-c6ccc(-c7ccc8ccccc8c7)cc6)c5)n4)c32)c1[B]. The molecule has 0 saturated heterocycles. The molecule has 8 aromatic carbocycles. The number of thiophene rings is 1. The molecule has 3 nitrogen and oxygen atoms in total. The average Bonchev–Trinajstić information content (AvgIpc) is 3.69. The van der Waals surface area contributed by atoms with Crippen LogP contribution in [-0.4, -0.2) is 62.0 Å². The molecule has 0 aliphatic heterocycles. The van der Waals surface area contributed by atoms with E-state index in [2.05, 4.69) is 78.9 Å². The Bertz CT molecular complexity index is 3280. The Labute approximate surface area is 354 Å². The monoisotopic (exact) mass is 753 g/mol. The summed E-state index contributed by atoms with van der Waals surface area (Å²) >= 11 is 1.39. The largest absolute Gasteiger partial charge is 0.208 e. The van der Waals surface area contributed by atoms with Gasteiger partial charge >= 0.3 is 0 Å². The highest BCUT2D eigenvalue weighted by atomic mass is 32.1. The van der Waals surface area contributed by atoms with E-state index in [4.69, 9.17) is 62.0 Å². The highest BCUT2D eigenvalue weighted by Crippen LogP contribution is 2.39. The molecule has 0 aliphatic rings. The van der Waals surface area contributed by atoms with E-state index in [0.29, 0.717) is 65.2 Å². The summed E-state index contributed by atoms with van der Waals surface area (Å²) in [5.74, 6) is 1.27. The van der Waals surface area contributed by atoms with Gasteiger partial charge in [0.2, 0.25) is 0 Å². The van der Waals surface area contributed by atoms with E-state index in [0.717, 1.165) is 38.9 Å². The van der Waals surface area contributed by atoms with Crippen molar-refractivity contribution < 1.29 is 0 Å². The summed E-state index contributed by atoms with van der Waals surface area (Å²) in [5.41, 5.74) is 9.85. The van der Waals surface area contributed by atoms with Crippen LogP contribution in [0.2, 0.25) is 0 Å². The first-order valence-corrected chi connectivity index (χ1v) is 19.8. The van der Waals surface area contributed by atoms with Crippen LogP contribution in [0.3, 0.4) is 0 Å². The van der Waals surface area contributed by atoms with Crippen molar-refractivity contribution >= 4 is 122 Å². The van der Waals surface area contributed by atoms with Gasteiger partial charge in [-0.3, -0.25) is 0 Å². The molecular weight excluding hydrogens is 727 g/mol. The summed E-state index contributed by atoms with van der Waals surface area (Å²) in [6.07, 6.45) is 0. The number of hydrogen-bond acceptors (Lipinski definition) is 4. The second-order valence-corrected chi connectivity index (χ2v) is 15.5. The molecule has 2 aromatic heterocycles. The zero-order valence-corrected chi connectivity index (χ0v) is 32.5. The Morgan fingerprint density at radius 2 is 0.814 bits per heavy atom. The van der Waals surface area contributed by atoms with Crippen LogP contribution in [-0.2, 0) is 0 Å². The van der Waals surface area contributed by atoms with Crippen molar-refractivity contribution in [2.75, 3.05) is 0 Å². The van der Waals surface area contributed by atoms with Gasteiger partial charge in [0.1, 0.15) is 47.1 Å². The number of benzene rings is 8. The molecule has 2 heterocycles. The molecule has 0 N–H and O–H groups in total. The quantitative estimate of drug-likeness (QED) is 0.191. The van der Waals surface area contributed by atoms with Crippen LogP contribution in [0.4, 0.5) is 0 Å². The second-order valence-electron chi connectivity index (χ2n) is 14.5. The maximum Gasteiger partial charge on any atom is 0.164 e. The van der Waals surface area contributed by atoms with Crippen molar-refractivity contribution in [2.45, 2.75) is 0 Å². The first kappa shape index (κ1) is 36.9. The molecule has 10 heteroatoms. The smallest absolute Gasteiger partial charge is 0.164 e. The zero-order valence-electron chi connectivity index (χ0n) is 31.6. The third-order valence-corrected chi connectivity index (χ3v) is 12.2. The van der Waals surface area contributed by atoms with Crippen molar-refractivity contribution in [3.05, 3.63) is 152 Å². The number of aromatic nitrogens is 3. The summed E-state index contributed by atoms with van der Waals surface area (Å²) < 4.78 is 1.36. The molecule has 0 fully saturated rings. The molecule has 0 aliphatic carbocycles. The van der Waals surface area contributed by atoms with Crippen molar-refractivity contribution in [1.82, 2.24) is 15.0 Å². The predicted molar refractivity (Wildman–Crippen MR) is 255 cm³/mol. The lowest BCUT2D eigenvalue weighted by Gasteiger charge is -2.20. The molecule has 59 heavy (non-hydrogen) atoms. The zero-order chi connectivity index (χ0) is 40.4. The highest BCUT2D eigenvalue weighted by molar-refractivity contribution is 7.28. The van der Waals surface area contributed by atoms with Crippen LogP contribution in [0, 0.1) is 0 Å². The van der Waals surface area contributed by atoms with Gasteiger partial charge in [-0.1, -0.05) is 161 Å². The van der Waals surface area contributed by atoms with E-state index in [9.17, 15) is 0 Å². The molecule has 0 amide bonds. The Morgan fingerprint density at radius 3 is 1.51 bits per heavy atom. The van der Waals surface area contributed by atoms with Crippen molar-refractivity contribution in [3.8, 4) is 67.5 Å². The molecule has 10 rings (SSSR count). The lowest BCUT2D eigenvalue weighted by Crippen LogP contribution is -2.47. The molecular formula is C49H25B6N3S. The van der Waals surface area contributed by atoms with Gasteiger partial charge in [-0.2, -0.15) is 0 Å². The van der Waals surface area contributed by atoms with Crippen molar-refractivity contribution in [1.29, 1.82) is 0 Å². The van der Waals surface area contributed by atoms with E-state index >= 15 is 0 Å². The van der Waals surface area contributed by atoms with Gasteiger partial charge in [-0.15, -0.1) is 22.3 Å². The molecule has 10 aromatic rings. The lowest BCUT2D eigenvalue weighted by atomic mass is 9.65. The molecule has 0 saturated carbocycles. The van der Waals surface area contributed by atoms with Crippen LogP contribution in [0.25, 0.3) is 98.5 Å². The first-order chi connectivity index (χ1) is 28.7. The normalized spacial score (nSPS) is 11.5. The molecule has 0 spiro atoms. The van der Waals surface area contributed by atoms with E-state index in [1.807, 2.05) is 72.8 Å². The molecule has 12 radical (unpaired) electrons. The standard InChI is InChI=1S/C49H25B6N3S/c50-39-35(29-11-3-1-4-12-29)41(52)45-36(37-40(51)42(53)43(54)44(55)46(37)59-45)38(39)49-57-47(30-13-5-2-6-14-30)56-48(58-49)34-17-9-16-32(25-34)27-18-20-28(21-19-27)33-23-22-26-10-7-8-15-31(26)24-33/h1-25H. The number of rotatable bonds is 6. The summed E-state index contributed by atoms with van der Waals surface area (Å²) in [6, 6.07) is 51.3. The lowest BCUT2D eigenvalue weighted by molar-refractivity contribution is 1.08. The van der Waals surface area contributed by atoms with Gasteiger partial charge in [-0.05, 0) is 61.7 Å². The summed E-state index contributed by atoms with van der Waals surface area (Å²) in [7, 11) is 40.6. The fraction of sp³-hybridized carbons (Fsp3) is 0. The topological polar surface area (TPSA) is 38.7 Å². The number of nitrogens with zero attached hydrogens (tertiary/aromatic N) is 3. The van der Waals surface area contributed by atoms with Crippen LogP contribution >= 0.6 is 11.3 Å². The van der Waals surface area contributed by atoms with E-state index in [-0.39, 0.29) is 16.4 Å². The van der Waals surface area contributed by atoms with Crippen molar-refractivity contribution in [3.63, 3.8) is 0 Å². The van der Waals surface area contributed by atoms with Gasteiger partial charge in [0, 0.05) is 31.5 Å². The maximum absolute atomic E-state index is 7.28. The Kier molecular flexibility index (Phi) is 9.26. The fourth-order valence-electron chi connectivity index (χ4n) is 7.91. The Morgan fingerprint density at radius 1 is 0.305 bits per heavy atom. The molecule has 260 valence electrons. The van der Waals surface area contributed by atoms with Crippen molar-refractivity contribution in [2.24, 2.45) is 0 Å². The molecule has 0 atom stereocenters. The number of fused-ring (bicyclic) bond motifs is 4. The van der Waals surface area contributed by atoms with E-state index in [1.165, 1.54) is 22.1 Å². The highest BCUT2D eigenvalue weighted by Gasteiger charge is 2.25. The van der Waals surface area contributed by atoms with E-state index in [1.54, 1.807) is 0 Å². The average molecular weight is 753 g/mol. The van der Waals surface area contributed by atoms with Gasteiger partial charge in [0.15, 0.2) is 17.5 Å². The van der Waals surface area contributed by atoms with Crippen LogP contribution in [0.1, 0.15) is 0 Å². The minimum absolute atomic E-state index is 0.188. The fourth-order valence-corrected chi connectivity index (χ4v) is 9.17. The van der Waals surface area contributed by atoms with Gasteiger partial charge < -0.3 is 0 Å². The van der Waals surface area contributed by atoms with Gasteiger partial charge in [0.25, 0.3) is 0 Å². The Hall–Kier alpha value is -6.36. The van der Waals surface area contributed by atoms with Crippen LogP contribution in [0.5, 0.6) is 0 Å². The minimum atomic E-state index is 0.188. The molecule has 0 unspecified atom stereocenters. The second kappa shape index (κ2) is 14.8. The molecule has 0 bridgehead atoms. The first-order valence-electron chi connectivity index (χ1n) is 19.0. The van der Waals surface area contributed by atoms with Crippen LogP contribution < -0.4 is 32.8 Å². The maximum atomic E-state index is 7.28. The Balaban J connectivity index is 1.18. The van der Waals surface area contributed by atoms with Gasteiger partial charge in [0.05, 0.1) is 0 Å². The third kappa shape index (κ3) is 6.34.